The van der Waals surface area contributed by atoms with Crippen LogP contribution in [0.5, 0.6) is 0 Å². The van der Waals surface area contributed by atoms with E-state index in [-0.39, 0.29) is 2.85 Å². The Labute approximate surface area is 214 Å². The molecule has 5 aliphatic rings. The fraction of sp³-hybridized carbons (Fsp3) is 0.656. The Balaban J connectivity index is 0.00000160. The third-order valence-corrected chi connectivity index (χ3v) is 9.65. The molecule has 1 aromatic rings. The second-order valence-corrected chi connectivity index (χ2v) is 12.6. The van der Waals surface area contributed by atoms with Crippen molar-refractivity contribution in [3.05, 3.63) is 45.8 Å². The van der Waals surface area contributed by atoms with Crippen LogP contribution in [0.2, 0.25) is 0 Å². The van der Waals surface area contributed by atoms with Crippen LogP contribution in [0.25, 0.3) is 12.2 Å². The maximum absolute atomic E-state index is 12.8. The minimum Gasteiger partial charge on any atom is -0.304 e. The van der Waals surface area contributed by atoms with Crippen molar-refractivity contribution in [1.29, 1.82) is 0 Å². The van der Waals surface area contributed by atoms with Crippen molar-refractivity contribution in [1.82, 2.24) is 10.2 Å². The lowest BCUT2D eigenvalue weighted by Crippen LogP contribution is -2.52. The number of rotatable bonds is 6. The van der Waals surface area contributed by atoms with Gasteiger partial charge in [-0.05, 0) is 99.1 Å². The van der Waals surface area contributed by atoms with Gasteiger partial charge in [0, 0.05) is 45.4 Å². The highest BCUT2D eigenvalue weighted by Crippen LogP contribution is 2.42. The summed E-state index contributed by atoms with van der Waals surface area (Å²) in [6.07, 6.45) is 20.9. The van der Waals surface area contributed by atoms with E-state index in [1.165, 1.54) is 66.5 Å². The number of nitrogens with one attached hydrogen (secondary N) is 1. The third-order valence-electron chi connectivity index (χ3n) is 9.65. The van der Waals surface area contributed by atoms with Gasteiger partial charge in [-0.2, -0.15) is 0 Å². The largest absolute Gasteiger partial charge is 0.304 e. The molecular weight excluding hydrogens is 428 g/mol. The molecule has 192 valence electrons. The van der Waals surface area contributed by atoms with E-state index in [0.717, 1.165) is 38.1 Å². The van der Waals surface area contributed by atoms with Gasteiger partial charge in [-0.1, -0.05) is 49.3 Å². The van der Waals surface area contributed by atoms with Crippen molar-refractivity contribution in [2.24, 2.45) is 17.8 Å². The molecule has 0 radical (unpaired) electrons. The van der Waals surface area contributed by atoms with Gasteiger partial charge in [0.1, 0.15) is 5.78 Å². The molecule has 6 rings (SSSR count). The summed E-state index contributed by atoms with van der Waals surface area (Å²) in [6.45, 7) is 5.68. The molecule has 2 bridgehead atoms. The molecule has 2 saturated heterocycles. The first-order valence-electron chi connectivity index (χ1n) is 14.6. The molecule has 3 aliphatic carbocycles. The molecule has 2 aliphatic heterocycles. The topological polar surface area (TPSA) is 32.3 Å². The first kappa shape index (κ1) is 23.7. The molecule has 0 aromatic heterocycles. The zero-order chi connectivity index (χ0) is 23.9. The molecule has 0 spiro atoms. The number of benzene rings is 1. The smallest absolute Gasteiger partial charge is 0.139 e. The van der Waals surface area contributed by atoms with Crippen molar-refractivity contribution in [3.8, 4) is 0 Å². The molecule has 4 fully saturated rings. The van der Waals surface area contributed by atoms with E-state index in [1.54, 1.807) is 0 Å². The monoisotopic (exact) mass is 476 g/mol. The summed E-state index contributed by atoms with van der Waals surface area (Å²) in [4.78, 5) is 15.6. The molecule has 2 heterocycles. The lowest BCUT2D eigenvalue weighted by atomic mass is 9.75. The summed E-state index contributed by atoms with van der Waals surface area (Å²) >= 11 is 0. The van der Waals surface area contributed by atoms with Crippen molar-refractivity contribution >= 4 is 17.9 Å². The standard InChI is InChI=1S/C32H44N2O.2H2/c1-21-6-12-28(13-7-21)33-29-15-22(2)14-26-16-23(8-9-25(26)17-29)20-34-30-4-3-5-31(34)19-27(18-30)32(35)24-10-11-24;;/h8-9,14-17,21,24,27-31,33H,3-7,10-13,18-20H2,1-2H3;2*1H. The van der Waals surface area contributed by atoms with E-state index in [2.05, 4.69) is 60.5 Å². The van der Waals surface area contributed by atoms with Crippen LogP contribution in [0, 0.1) is 17.8 Å². The van der Waals surface area contributed by atoms with Crippen molar-refractivity contribution in [2.45, 2.75) is 115 Å². The molecule has 3 atom stereocenters. The Hall–Kier alpha value is -1.71. The molecule has 3 unspecified atom stereocenters. The summed E-state index contributed by atoms with van der Waals surface area (Å²) in [5.74, 6) is 2.25. The van der Waals surface area contributed by atoms with Crippen LogP contribution in [0.4, 0.5) is 0 Å². The predicted molar refractivity (Wildman–Crippen MR) is 148 cm³/mol. The van der Waals surface area contributed by atoms with Gasteiger partial charge in [0.2, 0.25) is 0 Å². The Kier molecular flexibility index (Phi) is 6.75. The highest BCUT2D eigenvalue weighted by Gasteiger charge is 2.43. The molecule has 3 nitrogen and oxygen atoms in total. The number of fused-ring (bicyclic) bond motifs is 3. The maximum atomic E-state index is 12.8. The lowest BCUT2D eigenvalue weighted by molar-refractivity contribution is -0.128. The van der Waals surface area contributed by atoms with Crippen LogP contribution in [0.1, 0.15) is 92.9 Å². The minimum atomic E-state index is 0. The predicted octanol–water partition coefficient (Wildman–Crippen LogP) is 5.35. The molecule has 3 heteroatoms. The lowest BCUT2D eigenvalue weighted by Gasteiger charge is -2.48. The highest BCUT2D eigenvalue weighted by molar-refractivity contribution is 5.85. The van der Waals surface area contributed by atoms with Gasteiger partial charge < -0.3 is 5.32 Å². The van der Waals surface area contributed by atoms with Gasteiger partial charge in [-0.3, -0.25) is 9.69 Å². The number of carbonyl (C=O) groups is 1. The molecule has 0 amide bonds. The number of Topliss-reactive ketones (excluding diaryl/α,β-unsaturated/α-hetero) is 1. The summed E-state index contributed by atoms with van der Waals surface area (Å²) in [5.41, 5.74) is 2.79. The number of ketones is 1. The Morgan fingerprint density at radius 2 is 1.69 bits per heavy atom. The Morgan fingerprint density at radius 3 is 2.40 bits per heavy atom. The minimum absolute atomic E-state index is 0. The molecular formula is C32H48N2O. The highest BCUT2D eigenvalue weighted by atomic mass is 16.1. The second-order valence-electron chi connectivity index (χ2n) is 12.6. The van der Waals surface area contributed by atoms with Crippen LogP contribution >= 0.6 is 0 Å². The zero-order valence-electron chi connectivity index (χ0n) is 21.8. The zero-order valence-corrected chi connectivity index (χ0v) is 21.8. The number of hydrogen-bond acceptors (Lipinski definition) is 3. The van der Waals surface area contributed by atoms with E-state index in [4.69, 9.17) is 0 Å². The molecule has 1 aromatic carbocycles. The Morgan fingerprint density at radius 1 is 0.943 bits per heavy atom. The van der Waals surface area contributed by atoms with Crippen LogP contribution < -0.4 is 15.8 Å². The van der Waals surface area contributed by atoms with Crippen molar-refractivity contribution in [2.75, 3.05) is 0 Å². The summed E-state index contributed by atoms with van der Waals surface area (Å²) < 4.78 is 0. The van der Waals surface area contributed by atoms with Crippen molar-refractivity contribution in [3.63, 3.8) is 0 Å². The van der Waals surface area contributed by atoms with E-state index in [9.17, 15) is 4.79 Å². The van der Waals surface area contributed by atoms with E-state index >= 15 is 0 Å². The van der Waals surface area contributed by atoms with Gasteiger partial charge >= 0.3 is 0 Å². The number of nitrogens with zero attached hydrogens (tertiary/aromatic N) is 1. The SMILES string of the molecule is CC1=CC(NC2CCC(C)CC2)C=c2ccc(CN3C4CCCC3CC(C(=O)C3CC3)C4)cc2=C1.[HH].[HH]. The normalized spacial score (nSPS) is 35.2. The van der Waals surface area contributed by atoms with Crippen LogP contribution in [0.3, 0.4) is 0 Å². The van der Waals surface area contributed by atoms with Crippen LogP contribution in [-0.2, 0) is 11.3 Å². The van der Waals surface area contributed by atoms with Crippen LogP contribution in [0.15, 0.2) is 29.8 Å². The van der Waals surface area contributed by atoms with Gasteiger partial charge in [0.15, 0.2) is 0 Å². The summed E-state index contributed by atoms with van der Waals surface area (Å²) in [7, 11) is 0. The van der Waals surface area contributed by atoms with Gasteiger partial charge in [-0.15, -0.1) is 0 Å². The molecule has 1 N–H and O–H groups in total. The van der Waals surface area contributed by atoms with Crippen molar-refractivity contribution < 1.29 is 7.65 Å². The van der Waals surface area contributed by atoms with Gasteiger partial charge in [-0.25, -0.2) is 0 Å². The fourth-order valence-electron chi connectivity index (χ4n) is 7.49. The summed E-state index contributed by atoms with van der Waals surface area (Å²) in [5, 5.41) is 6.66. The average molecular weight is 477 g/mol. The first-order chi connectivity index (χ1) is 17.0. The Bertz CT molecular complexity index is 1090. The number of piperidine rings is 2. The maximum Gasteiger partial charge on any atom is 0.139 e. The van der Waals surface area contributed by atoms with Gasteiger partial charge in [0.25, 0.3) is 0 Å². The average Bonchev–Trinajstić information content (AvgIpc) is 3.67. The number of allylic oxidation sites excluding steroid dienone is 1. The number of carbonyl (C=O) groups excluding carboxylic acids is 1. The first-order valence-corrected chi connectivity index (χ1v) is 14.6. The molecule has 2 saturated carbocycles. The van der Waals surface area contributed by atoms with Crippen LogP contribution in [-0.4, -0.2) is 34.9 Å². The molecule has 35 heavy (non-hydrogen) atoms. The van der Waals surface area contributed by atoms with E-state index in [1.807, 2.05) is 0 Å². The van der Waals surface area contributed by atoms with Gasteiger partial charge in [0.05, 0.1) is 0 Å². The van der Waals surface area contributed by atoms with E-state index < -0.39 is 0 Å². The fourth-order valence-corrected chi connectivity index (χ4v) is 7.49. The second kappa shape index (κ2) is 9.98. The number of hydrogen-bond donors (Lipinski definition) is 1. The quantitative estimate of drug-likeness (QED) is 0.601. The third kappa shape index (κ3) is 5.37. The summed E-state index contributed by atoms with van der Waals surface area (Å²) in [6, 6.07) is 9.30. The van der Waals surface area contributed by atoms with E-state index in [0.29, 0.717) is 41.8 Å².